The molecule has 0 unspecified atom stereocenters. The highest BCUT2D eigenvalue weighted by atomic mass is 35.5. The van der Waals surface area contributed by atoms with E-state index in [4.69, 9.17) is 11.6 Å². The summed E-state index contributed by atoms with van der Waals surface area (Å²) in [4.78, 5) is 25.5. The van der Waals surface area contributed by atoms with Crippen LogP contribution in [0.4, 0.5) is 11.4 Å². The molecule has 3 rings (SSSR count). The summed E-state index contributed by atoms with van der Waals surface area (Å²) < 4.78 is 0. The van der Waals surface area contributed by atoms with Crippen LogP contribution in [0.1, 0.15) is 21.5 Å². The van der Waals surface area contributed by atoms with Gasteiger partial charge in [-0.15, -0.1) is 11.8 Å². The number of nitrogens with one attached hydrogen (secondary N) is 2. The number of thioether (sulfide) groups is 1. The van der Waals surface area contributed by atoms with E-state index in [0.29, 0.717) is 16.3 Å². The molecule has 0 aromatic heterocycles. The summed E-state index contributed by atoms with van der Waals surface area (Å²) in [5, 5.41) is 6.36. The summed E-state index contributed by atoms with van der Waals surface area (Å²) in [6.07, 6.45) is 0. The first-order valence-corrected chi connectivity index (χ1v) is 10.4. The summed E-state index contributed by atoms with van der Waals surface area (Å²) in [6.45, 7) is 3.83. The van der Waals surface area contributed by atoms with E-state index in [-0.39, 0.29) is 17.6 Å². The second-order valence-corrected chi connectivity index (χ2v) is 8.07. The van der Waals surface area contributed by atoms with Crippen LogP contribution in [-0.4, -0.2) is 17.6 Å². The zero-order chi connectivity index (χ0) is 20.8. The number of hydrogen-bond acceptors (Lipinski definition) is 3. The van der Waals surface area contributed by atoms with Crippen LogP contribution >= 0.6 is 23.4 Å². The lowest BCUT2D eigenvalue weighted by molar-refractivity contribution is -0.113. The fraction of sp³-hybridized carbons (Fsp3) is 0.130. The van der Waals surface area contributed by atoms with Crippen molar-refractivity contribution >= 4 is 46.6 Å². The Morgan fingerprint density at radius 1 is 0.897 bits per heavy atom. The molecule has 0 aliphatic rings. The quantitative estimate of drug-likeness (QED) is 0.481. The van der Waals surface area contributed by atoms with Crippen molar-refractivity contribution in [1.29, 1.82) is 0 Å². The minimum absolute atomic E-state index is 0.0997. The van der Waals surface area contributed by atoms with Crippen LogP contribution in [0.2, 0.25) is 5.02 Å². The van der Waals surface area contributed by atoms with Gasteiger partial charge < -0.3 is 10.6 Å². The first-order chi connectivity index (χ1) is 13.9. The Morgan fingerprint density at radius 2 is 1.62 bits per heavy atom. The molecule has 0 bridgehead atoms. The molecule has 0 saturated carbocycles. The largest absolute Gasteiger partial charge is 0.325 e. The number of halogens is 1. The minimum atomic E-state index is -0.139. The van der Waals surface area contributed by atoms with E-state index in [9.17, 15) is 9.59 Å². The summed E-state index contributed by atoms with van der Waals surface area (Å²) in [5.74, 6) is 0.0398. The number of hydrogen-bond donors (Lipinski definition) is 2. The van der Waals surface area contributed by atoms with Gasteiger partial charge in [-0.25, -0.2) is 0 Å². The summed E-state index contributed by atoms with van der Waals surface area (Å²) in [7, 11) is 0. The molecule has 6 heteroatoms. The molecule has 3 aromatic rings. The van der Waals surface area contributed by atoms with Gasteiger partial charge in [0, 0.05) is 26.9 Å². The lowest BCUT2D eigenvalue weighted by atomic mass is 10.1. The maximum Gasteiger partial charge on any atom is 0.255 e. The molecule has 2 N–H and O–H groups in total. The molecule has 4 nitrogen and oxygen atoms in total. The average Bonchev–Trinajstić information content (AvgIpc) is 2.70. The highest BCUT2D eigenvalue weighted by Gasteiger charge is 2.09. The van der Waals surface area contributed by atoms with E-state index in [0.717, 1.165) is 21.7 Å². The van der Waals surface area contributed by atoms with Crippen molar-refractivity contribution in [2.45, 2.75) is 18.7 Å². The van der Waals surface area contributed by atoms with E-state index >= 15 is 0 Å². The summed E-state index contributed by atoms with van der Waals surface area (Å²) in [6, 6.07) is 20.3. The van der Waals surface area contributed by atoms with Crippen molar-refractivity contribution in [3.05, 3.63) is 88.4 Å². The SMILES string of the molecule is Cc1ccc(Cl)cc1NC(=O)CSc1ccc(NC(=O)c2ccccc2C)cc1. The summed E-state index contributed by atoms with van der Waals surface area (Å²) in [5.41, 5.74) is 3.97. The van der Waals surface area contributed by atoms with Gasteiger partial charge in [-0.2, -0.15) is 0 Å². The van der Waals surface area contributed by atoms with Crippen molar-refractivity contribution in [3.63, 3.8) is 0 Å². The number of benzene rings is 3. The normalized spacial score (nSPS) is 10.4. The number of rotatable bonds is 6. The highest BCUT2D eigenvalue weighted by molar-refractivity contribution is 8.00. The van der Waals surface area contributed by atoms with E-state index in [1.165, 1.54) is 11.8 Å². The van der Waals surface area contributed by atoms with Crippen LogP contribution in [-0.2, 0) is 4.79 Å². The third-order valence-electron chi connectivity index (χ3n) is 4.35. The zero-order valence-electron chi connectivity index (χ0n) is 16.2. The van der Waals surface area contributed by atoms with Crippen molar-refractivity contribution in [3.8, 4) is 0 Å². The van der Waals surface area contributed by atoms with Crippen molar-refractivity contribution in [2.24, 2.45) is 0 Å². The molecule has 0 aliphatic carbocycles. The van der Waals surface area contributed by atoms with Gasteiger partial charge in [0.05, 0.1) is 5.75 Å². The fourth-order valence-electron chi connectivity index (χ4n) is 2.72. The van der Waals surface area contributed by atoms with Crippen molar-refractivity contribution in [1.82, 2.24) is 0 Å². The first-order valence-electron chi connectivity index (χ1n) is 9.08. The second kappa shape index (κ2) is 9.63. The number of aryl methyl sites for hydroxylation is 2. The van der Waals surface area contributed by atoms with Gasteiger partial charge in [-0.1, -0.05) is 35.9 Å². The fourth-order valence-corrected chi connectivity index (χ4v) is 3.60. The second-order valence-electron chi connectivity index (χ2n) is 6.59. The number of anilines is 2. The standard InChI is InChI=1S/C23H21ClN2O2S/c1-15-5-3-4-6-20(15)23(28)25-18-9-11-19(12-10-18)29-14-22(27)26-21-13-17(24)8-7-16(21)2/h3-13H,14H2,1-2H3,(H,25,28)(H,26,27). The third-order valence-corrected chi connectivity index (χ3v) is 5.59. The average molecular weight is 425 g/mol. The molecule has 3 aromatic carbocycles. The molecule has 0 radical (unpaired) electrons. The lowest BCUT2D eigenvalue weighted by Crippen LogP contribution is -2.15. The molecule has 148 valence electrons. The molecular weight excluding hydrogens is 404 g/mol. The first kappa shape index (κ1) is 21.0. The van der Waals surface area contributed by atoms with Gasteiger partial charge in [0.25, 0.3) is 5.91 Å². The highest BCUT2D eigenvalue weighted by Crippen LogP contribution is 2.23. The third kappa shape index (κ3) is 5.86. The Labute approximate surface area is 179 Å². The maximum absolute atomic E-state index is 12.4. The van der Waals surface area contributed by atoms with Crippen LogP contribution in [0, 0.1) is 13.8 Å². The number of amides is 2. The van der Waals surface area contributed by atoms with Crippen LogP contribution in [0.5, 0.6) is 0 Å². The molecule has 29 heavy (non-hydrogen) atoms. The van der Waals surface area contributed by atoms with E-state index in [1.807, 2.05) is 62.4 Å². The minimum Gasteiger partial charge on any atom is -0.325 e. The van der Waals surface area contributed by atoms with Gasteiger partial charge in [0.2, 0.25) is 5.91 Å². The van der Waals surface area contributed by atoms with Crippen molar-refractivity contribution in [2.75, 3.05) is 16.4 Å². The predicted octanol–water partition coefficient (Wildman–Crippen LogP) is 5.94. The molecular formula is C23H21ClN2O2S. The molecule has 0 aliphatic heterocycles. The summed E-state index contributed by atoms with van der Waals surface area (Å²) >= 11 is 7.41. The molecule has 0 atom stereocenters. The smallest absolute Gasteiger partial charge is 0.255 e. The molecule has 0 spiro atoms. The zero-order valence-corrected chi connectivity index (χ0v) is 17.7. The van der Waals surface area contributed by atoms with Crippen LogP contribution in [0.15, 0.2) is 71.6 Å². The van der Waals surface area contributed by atoms with Gasteiger partial charge >= 0.3 is 0 Å². The monoisotopic (exact) mass is 424 g/mol. The van der Waals surface area contributed by atoms with Gasteiger partial charge in [-0.05, 0) is 67.4 Å². The van der Waals surface area contributed by atoms with Gasteiger partial charge in [0.1, 0.15) is 0 Å². The van der Waals surface area contributed by atoms with E-state index in [1.54, 1.807) is 18.2 Å². The Morgan fingerprint density at radius 3 is 2.34 bits per heavy atom. The maximum atomic E-state index is 12.4. The van der Waals surface area contributed by atoms with Crippen LogP contribution < -0.4 is 10.6 Å². The Hall–Kier alpha value is -2.76. The van der Waals surface area contributed by atoms with E-state index in [2.05, 4.69) is 10.6 Å². The lowest BCUT2D eigenvalue weighted by Gasteiger charge is -2.10. The Balaban J connectivity index is 1.54. The molecule has 0 heterocycles. The van der Waals surface area contributed by atoms with Gasteiger partial charge in [0.15, 0.2) is 0 Å². The number of carbonyl (C=O) groups excluding carboxylic acids is 2. The topological polar surface area (TPSA) is 58.2 Å². The van der Waals surface area contributed by atoms with Crippen LogP contribution in [0.3, 0.4) is 0 Å². The van der Waals surface area contributed by atoms with Crippen LogP contribution in [0.25, 0.3) is 0 Å². The Bertz CT molecular complexity index is 1040. The van der Waals surface area contributed by atoms with E-state index < -0.39 is 0 Å². The predicted molar refractivity (Wildman–Crippen MR) is 121 cm³/mol. The molecule has 0 saturated heterocycles. The van der Waals surface area contributed by atoms with Crippen molar-refractivity contribution < 1.29 is 9.59 Å². The molecule has 2 amide bonds. The molecule has 0 fully saturated rings. The van der Waals surface area contributed by atoms with Gasteiger partial charge in [-0.3, -0.25) is 9.59 Å². The number of carbonyl (C=O) groups is 2. The Kier molecular flexibility index (Phi) is 6.96.